The van der Waals surface area contributed by atoms with Crippen molar-refractivity contribution in [3.05, 3.63) is 24.2 Å². The zero-order chi connectivity index (χ0) is 16.3. The molecule has 2 aliphatic heterocycles. The minimum atomic E-state index is -0.0297. The third-order valence-electron chi connectivity index (χ3n) is 5.28. The third kappa shape index (κ3) is 3.70. The van der Waals surface area contributed by atoms with Crippen molar-refractivity contribution in [2.24, 2.45) is 5.41 Å². The average Bonchev–Trinajstić information content (AvgIpc) is 3.05. The Morgan fingerprint density at radius 1 is 1.39 bits per heavy atom. The number of likely N-dealkylation sites (tertiary alicyclic amines) is 1. The standard InChI is InChI=1S/C17H27N3O3/c1-19(2)16(21)18-15-13-22-11-7-17(15)5-8-20(9-6-17)12-14-4-3-10-23-14/h3-4,10,15H,5-9,11-13H2,1-2H3,(H,18,21)/t15-/m0/s1. The predicted octanol–water partition coefficient (Wildman–Crippen LogP) is 1.92. The van der Waals surface area contributed by atoms with Crippen LogP contribution in [0.3, 0.4) is 0 Å². The summed E-state index contributed by atoms with van der Waals surface area (Å²) in [7, 11) is 3.55. The van der Waals surface area contributed by atoms with Crippen LogP contribution < -0.4 is 5.32 Å². The van der Waals surface area contributed by atoms with Gasteiger partial charge in [-0.1, -0.05) is 0 Å². The second kappa shape index (κ2) is 6.93. The van der Waals surface area contributed by atoms with Crippen molar-refractivity contribution in [2.75, 3.05) is 40.4 Å². The van der Waals surface area contributed by atoms with Crippen molar-refractivity contribution >= 4 is 6.03 Å². The van der Waals surface area contributed by atoms with Crippen LogP contribution in [0.15, 0.2) is 22.8 Å². The SMILES string of the molecule is CN(C)C(=O)N[C@H]1COCCC12CCN(Cc1ccco1)CC2. The number of amides is 2. The highest BCUT2D eigenvalue weighted by Crippen LogP contribution is 2.41. The van der Waals surface area contributed by atoms with Gasteiger partial charge in [0.05, 0.1) is 25.5 Å². The summed E-state index contributed by atoms with van der Waals surface area (Å²) in [5.41, 5.74) is 0.170. The van der Waals surface area contributed by atoms with Crippen LogP contribution in [0, 0.1) is 5.41 Å². The smallest absolute Gasteiger partial charge is 0.317 e. The number of hydrogen-bond acceptors (Lipinski definition) is 4. The summed E-state index contributed by atoms with van der Waals surface area (Å²) < 4.78 is 11.1. The first kappa shape index (κ1) is 16.3. The van der Waals surface area contributed by atoms with Gasteiger partial charge in [0.1, 0.15) is 5.76 Å². The van der Waals surface area contributed by atoms with E-state index in [1.54, 1.807) is 25.3 Å². The highest BCUT2D eigenvalue weighted by molar-refractivity contribution is 5.74. The molecule has 0 aliphatic carbocycles. The average molecular weight is 321 g/mol. The van der Waals surface area contributed by atoms with Gasteiger partial charge in [-0.3, -0.25) is 4.90 Å². The molecule has 2 saturated heterocycles. The molecular formula is C17H27N3O3. The molecule has 0 saturated carbocycles. The first-order chi connectivity index (χ1) is 11.1. The van der Waals surface area contributed by atoms with E-state index in [0.717, 1.165) is 51.3 Å². The Kier molecular flexibility index (Phi) is 4.92. The monoisotopic (exact) mass is 321 g/mol. The Hall–Kier alpha value is -1.53. The minimum Gasteiger partial charge on any atom is -0.468 e. The van der Waals surface area contributed by atoms with Crippen LogP contribution in [0.5, 0.6) is 0 Å². The number of hydrogen-bond donors (Lipinski definition) is 1. The number of carbonyl (C=O) groups excluding carboxylic acids is 1. The Morgan fingerprint density at radius 2 is 2.17 bits per heavy atom. The predicted molar refractivity (Wildman–Crippen MR) is 87.1 cm³/mol. The number of rotatable bonds is 3. The molecule has 1 atom stereocenters. The van der Waals surface area contributed by atoms with Crippen molar-refractivity contribution in [3.63, 3.8) is 0 Å². The molecule has 1 aromatic rings. The molecule has 3 rings (SSSR count). The largest absolute Gasteiger partial charge is 0.468 e. The molecule has 0 radical (unpaired) electrons. The minimum absolute atomic E-state index is 0.0297. The Labute approximate surface area is 137 Å². The fourth-order valence-corrected chi connectivity index (χ4v) is 3.68. The lowest BCUT2D eigenvalue weighted by Gasteiger charge is -2.49. The molecule has 2 amide bonds. The number of piperidine rings is 1. The zero-order valence-corrected chi connectivity index (χ0v) is 14.1. The quantitative estimate of drug-likeness (QED) is 0.924. The van der Waals surface area contributed by atoms with E-state index in [4.69, 9.17) is 9.15 Å². The summed E-state index contributed by atoms with van der Waals surface area (Å²) in [6, 6.07) is 4.04. The number of carbonyl (C=O) groups is 1. The molecule has 3 heterocycles. The van der Waals surface area contributed by atoms with E-state index in [2.05, 4.69) is 10.2 Å². The van der Waals surface area contributed by atoms with Crippen molar-refractivity contribution in [2.45, 2.75) is 31.8 Å². The second-order valence-electron chi connectivity index (χ2n) is 6.94. The summed E-state index contributed by atoms with van der Waals surface area (Å²) in [4.78, 5) is 16.1. The number of urea groups is 1. The van der Waals surface area contributed by atoms with Crippen LogP contribution in [0.1, 0.15) is 25.0 Å². The summed E-state index contributed by atoms with van der Waals surface area (Å²) in [6.07, 6.45) is 4.94. The Bertz CT molecular complexity index is 507. The highest BCUT2D eigenvalue weighted by Gasteiger charge is 2.44. The van der Waals surface area contributed by atoms with Gasteiger partial charge in [-0.15, -0.1) is 0 Å². The topological polar surface area (TPSA) is 58.0 Å². The highest BCUT2D eigenvalue weighted by atomic mass is 16.5. The normalized spacial score (nSPS) is 24.5. The molecule has 6 nitrogen and oxygen atoms in total. The summed E-state index contributed by atoms with van der Waals surface area (Å²) >= 11 is 0. The third-order valence-corrected chi connectivity index (χ3v) is 5.28. The fraction of sp³-hybridized carbons (Fsp3) is 0.706. The number of nitrogens with zero attached hydrogens (tertiary/aromatic N) is 2. The summed E-state index contributed by atoms with van der Waals surface area (Å²) in [5, 5.41) is 3.16. The summed E-state index contributed by atoms with van der Waals surface area (Å²) in [5.74, 6) is 1.02. The van der Waals surface area contributed by atoms with Gasteiger partial charge >= 0.3 is 6.03 Å². The molecule has 0 bridgehead atoms. The molecule has 128 valence electrons. The Morgan fingerprint density at radius 3 is 2.83 bits per heavy atom. The fourth-order valence-electron chi connectivity index (χ4n) is 3.68. The first-order valence-electron chi connectivity index (χ1n) is 8.39. The number of ether oxygens (including phenoxy) is 1. The molecule has 1 spiro atoms. The molecule has 6 heteroatoms. The van der Waals surface area contributed by atoms with Crippen molar-refractivity contribution < 1.29 is 13.9 Å². The van der Waals surface area contributed by atoms with Gasteiger partial charge in [-0.25, -0.2) is 4.79 Å². The first-order valence-corrected chi connectivity index (χ1v) is 8.39. The van der Waals surface area contributed by atoms with E-state index in [0.29, 0.717) is 6.61 Å². The maximum Gasteiger partial charge on any atom is 0.317 e. The van der Waals surface area contributed by atoms with Gasteiger partial charge in [0.2, 0.25) is 0 Å². The van der Waals surface area contributed by atoms with Crippen molar-refractivity contribution in [1.82, 2.24) is 15.1 Å². The van der Waals surface area contributed by atoms with Crippen LogP contribution in [-0.2, 0) is 11.3 Å². The van der Waals surface area contributed by atoms with Gasteiger partial charge in [0, 0.05) is 20.7 Å². The Balaban J connectivity index is 1.60. The molecule has 1 aromatic heterocycles. The van der Waals surface area contributed by atoms with E-state index < -0.39 is 0 Å². The van der Waals surface area contributed by atoms with E-state index in [1.807, 2.05) is 12.1 Å². The number of furan rings is 1. The molecule has 2 aliphatic rings. The van der Waals surface area contributed by atoms with Gasteiger partial charge in [-0.2, -0.15) is 0 Å². The van der Waals surface area contributed by atoms with Gasteiger partial charge < -0.3 is 19.4 Å². The molecule has 23 heavy (non-hydrogen) atoms. The molecular weight excluding hydrogens is 294 g/mol. The van der Waals surface area contributed by atoms with E-state index >= 15 is 0 Å². The van der Waals surface area contributed by atoms with Crippen molar-refractivity contribution in [3.8, 4) is 0 Å². The molecule has 1 N–H and O–H groups in total. The lowest BCUT2D eigenvalue weighted by atomic mass is 9.69. The van der Waals surface area contributed by atoms with Gasteiger partial charge in [0.15, 0.2) is 0 Å². The van der Waals surface area contributed by atoms with Crippen LogP contribution in [-0.4, -0.2) is 62.3 Å². The van der Waals surface area contributed by atoms with E-state index in [9.17, 15) is 4.79 Å². The maximum atomic E-state index is 12.0. The summed E-state index contributed by atoms with van der Waals surface area (Å²) in [6.45, 7) is 4.36. The van der Waals surface area contributed by atoms with Crippen LogP contribution in [0.25, 0.3) is 0 Å². The maximum absolute atomic E-state index is 12.0. The lowest BCUT2D eigenvalue weighted by Crippen LogP contribution is -2.58. The van der Waals surface area contributed by atoms with Gasteiger partial charge in [0.25, 0.3) is 0 Å². The zero-order valence-electron chi connectivity index (χ0n) is 14.1. The van der Waals surface area contributed by atoms with E-state index in [-0.39, 0.29) is 17.5 Å². The van der Waals surface area contributed by atoms with Crippen LogP contribution >= 0.6 is 0 Å². The van der Waals surface area contributed by atoms with Crippen LogP contribution in [0.4, 0.5) is 4.79 Å². The van der Waals surface area contributed by atoms with Crippen LogP contribution in [0.2, 0.25) is 0 Å². The van der Waals surface area contributed by atoms with Gasteiger partial charge in [-0.05, 0) is 49.9 Å². The lowest BCUT2D eigenvalue weighted by molar-refractivity contribution is -0.0490. The van der Waals surface area contributed by atoms with Crippen molar-refractivity contribution in [1.29, 1.82) is 0 Å². The number of nitrogens with one attached hydrogen (secondary N) is 1. The second-order valence-corrected chi connectivity index (χ2v) is 6.94. The van der Waals surface area contributed by atoms with E-state index in [1.165, 1.54) is 0 Å². The molecule has 0 unspecified atom stereocenters. The molecule has 0 aromatic carbocycles. The molecule has 2 fully saturated rings.